The molecule has 0 radical (unpaired) electrons. The zero-order valence-electron chi connectivity index (χ0n) is 8.52. The second-order valence-corrected chi connectivity index (χ2v) is 4.15. The first-order valence-electron chi connectivity index (χ1n) is 4.19. The standard InChI is InChI=1S/C7H8O3S.C2H7N/c1-6-4-2-3-5-7(6)11(8,9)10;1-3-2/h2-5H,1H3,(H,8,9,10);3H,1-2H3. The molecule has 0 aliphatic carbocycles. The van der Waals surface area contributed by atoms with E-state index >= 15 is 0 Å². The van der Waals surface area contributed by atoms with Crippen LogP contribution in [0, 0.1) is 6.92 Å². The summed E-state index contributed by atoms with van der Waals surface area (Å²) in [5.74, 6) is 0. The van der Waals surface area contributed by atoms with Crippen molar-refractivity contribution in [1.29, 1.82) is 0 Å². The Morgan fingerprint density at radius 1 is 1.21 bits per heavy atom. The van der Waals surface area contributed by atoms with Crippen LogP contribution in [0.5, 0.6) is 0 Å². The number of hydrogen-bond acceptors (Lipinski definition) is 3. The van der Waals surface area contributed by atoms with E-state index in [2.05, 4.69) is 0 Å². The molecule has 0 aliphatic heterocycles. The second kappa shape index (κ2) is 5.74. The van der Waals surface area contributed by atoms with Gasteiger partial charge in [-0.15, -0.1) is 0 Å². The maximum absolute atomic E-state index is 10.5. The van der Waals surface area contributed by atoms with Gasteiger partial charge < -0.3 is 9.87 Å². The minimum Gasteiger partial charge on any atom is -0.744 e. The van der Waals surface area contributed by atoms with Gasteiger partial charge in [0.2, 0.25) is 0 Å². The fourth-order valence-electron chi connectivity index (χ4n) is 0.837. The van der Waals surface area contributed by atoms with Gasteiger partial charge in [-0.05, 0) is 18.6 Å². The van der Waals surface area contributed by atoms with Crippen LogP contribution in [0.25, 0.3) is 0 Å². The van der Waals surface area contributed by atoms with Gasteiger partial charge in [0.05, 0.1) is 19.0 Å². The number of quaternary nitrogens is 1. The predicted molar refractivity (Wildman–Crippen MR) is 52.9 cm³/mol. The molecule has 0 unspecified atom stereocenters. The minimum absolute atomic E-state index is 0.139. The van der Waals surface area contributed by atoms with Gasteiger partial charge in [0.25, 0.3) is 0 Å². The number of aryl methyl sites for hydroxylation is 1. The van der Waals surface area contributed by atoms with E-state index in [4.69, 9.17) is 0 Å². The molecule has 14 heavy (non-hydrogen) atoms. The van der Waals surface area contributed by atoms with E-state index in [-0.39, 0.29) is 4.90 Å². The molecule has 0 saturated carbocycles. The Labute approximate surface area is 84.7 Å². The fraction of sp³-hybridized carbons (Fsp3) is 0.333. The number of hydrogen-bond donors (Lipinski definition) is 1. The average Bonchev–Trinajstić information content (AvgIpc) is 2.04. The van der Waals surface area contributed by atoms with Crippen molar-refractivity contribution in [2.24, 2.45) is 0 Å². The topological polar surface area (TPSA) is 73.8 Å². The second-order valence-electron chi connectivity index (χ2n) is 2.80. The zero-order chi connectivity index (χ0) is 11.2. The van der Waals surface area contributed by atoms with Crippen molar-refractivity contribution in [1.82, 2.24) is 0 Å². The Morgan fingerprint density at radius 2 is 1.64 bits per heavy atom. The highest BCUT2D eigenvalue weighted by Gasteiger charge is 2.02. The van der Waals surface area contributed by atoms with Crippen LogP contribution in [0.3, 0.4) is 0 Å². The van der Waals surface area contributed by atoms with Gasteiger partial charge in [-0.1, -0.05) is 18.2 Å². The molecule has 0 spiro atoms. The van der Waals surface area contributed by atoms with Crippen LogP contribution in [0.15, 0.2) is 29.2 Å². The summed E-state index contributed by atoms with van der Waals surface area (Å²) in [7, 11) is -0.283. The Hall–Kier alpha value is -0.910. The molecular formula is C9H15NO3S. The van der Waals surface area contributed by atoms with Crippen molar-refractivity contribution in [2.75, 3.05) is 14.1 Å². The molecule has 0 amide bonds. The molecule has 0 atom stereocenters. The van der Waals surface area contributed by atoms with Crippen molar-refractivity contribution >= 4 is 10.1 Å². The van der Waals surface area contributed by atoms with Gasteiger partial charge in [0.15, 0.2) is 0 Å². The van der Waals surface area contributed by atoms with E-state index in [9.17, 15) is 13.0 Å². The van der Waals surface area contributed by atoms with Gasteiger partial charge >= 0.3 is 0 Å². The molecular weight excluding hydrogens is 202 g/mol. The summed E-state index contributed by atoms with van der Waals surface area (Å²) in [6.45, 7) is 1.59. The van der Waals surface area contributed by atoms with Gasteiger partial charge in [-0.2, -0.15) is 0 Å². The Balaban J connectivity index is 0.000000500. The van der Waals surface area contributed by atoms with Crippen molar-refractivity contribution in [3.63, 3.8) is 0 Å². The highest BCUT2D eigenvalue weighted by Crippen LogP contribution is 2.12. The molecule has 0 fully saturated rings. The molecule has 1 rings (SSSR count). The first-order chi connectivity index (χ1) is 6.43. The molecule has 4 nitrogen and oxygen atoms in total. The summed E-state index contributed by atoms with van der Waals surface area (Å²) < 4.78 is 31.5. The van der Waals surface area contributed by atoms with Crippen molar-refractivity contribution in [3.8, 4) is 0 Å². The van der Waals surface area contributed by atoms with Crippen LogP contribution in [-0.4, -0.2) is 27.1 Å². The first kappa shape index (κ1) is 13.1. The summed E-state index contributed by atoms with van der Waals surface area (Å²) in [5, 5.41) is 2.00. The highest BCUT2D eigenvalue weighted by molar-refractivity contribution is 7.85. The maximum Gasteiger partial charge on any atom is 0.124 e. The van der Waals surface area contributed by atoms with Gasteiger partial charge in [0.1, 0.15) is 10.1 Å². The number of benzene rings is 1. The van der Waals surface area contributed by atoms with Crippen molar-refractivity contribution < 1.29 is 18.3 Å². The molecule has 5 heteroatoms. The van der Waals surface area contributed by atoms with E-state index in [0.29, 0.717) is 5.56 Å². The van der Waals surface area contributed by atoms with Crippen LogP contribution < -0.4 is 5.32 Å². The van der Waals surface area contributed by atoms with Crippen molar-refractivity contribution in [3.05, 3.63) is 29.8 Å². The lowest BCUT2D eigenvalue weighted by molar-refractivity contribution is -0.597. The lowest BCUT2D eigenvalue weighted by Gasteiger charge is -2.08. The summed E-state index contributed by atoms with van der Waals surface area (Å²) in [6.07, 6.45) is 0. The molecule has 0 saturated heterocycles. The SMILES string of the molecule is C[NH2+]C.Cc1ccccc1S(=O)(=O)[O-]. The molecule has 1 aromatic rings. The van der Waals surface area contributed by atoms with Crippen LogP contribution in [0.2, 0.25) is 0 Å². The van der Waals surface area contributed by atoms with Crippen LogP contribution >= 0.6 is 0 Å². The first-order valence-corrected chi connectivity index (χ1v) is 5.59. The lowest BCUT2D eigenvalue weighted by Crippen LogP contribution is -2.74. The third-order valence-electron chi connectivity index (χ3n) is 1.36. The summed E-state index contributed by atoms with van der Waals surface area (Å²) in [4.78, 5) is -0.139. The molecule has 0 bridgehead atoms. The molecule has 0 heterocycles. The van der Waals surface area contributed by atoms with Gasteiger partial charge in [-0.3, -0.25) is 0 Å². The Bertz CT molecular complexity index is 373. The summed E-state index contributed by atoms with van der Waals surface area (Å²) in [6, 6.07) is 6.10. The summed E-state index contributed by atoms with van der Waals surface area (Å²) in [5.41, 5.74) is 0.488. The van der Waals surface area contributed by atoms with E-state index < -0.39 is 10.1 Å². The third kappa shape index (κ3) is 4.36. The normalized spacial score (nSPS) is 10.3. The number of rotatable bonds is 1. The van der Waals surface area contributed by atoms with E-state index in [1.165, 1.54) is 12.1 Å². The lowest BCUT2D eigenvalue weighted by atomic mass is 10.2. The Morgan fingerprint density at radius 3 is 1.93 bits per heavy atom. The summed E-state index contributed by atoms with van der Waals surface area (Å²) >= 11 is 0. The highest BCUT2D eigenvalue weighted by atomic mass is 32.2. The van der Waals surface area contributed by atoms with Crippen LogP contribution in [0.4, 0.5) is 0 Å². The fourth-order valence-corrected chi connectivity index (χ4v) is 1.54. The van der Waals surface area contributed by atoms with Gasteiger partial charge in [-0.25, -0.2) is 8.42 Å². The minimum atomic E-state index is -4.28. The van der Waals surface area contributed by atoms with Crippen LogP contribution in [0.1, 0.15) is 5.56 Å². The van der Waals surface area contributed by atoms with Crippen LogP contribution in [-0.2, 0) is 10.1 Å². The monoisotopic (exact) mass is 217 g/mol. The Kier molecular flexibility index (Phi) is 5.37. The predicted octanol–water partition coefficient (Wildman–Crippen LogP) is -0.291. The molecule has 0 aromatic heterocycles. The van der Waals surface area contributed by atoms with Crippen molar-refractivity contribution in [2.45, 2.75) is 11.8 Å². The van der Waals surface area contributed by atoms with E-state index in [1.807, 2.05) is 19.4 Å². The maximum atomic E-state index is 10.5. The largest absolute Gasteiger partial charge is 0.744 e. The quantitative estimate of drug-likeness (QED) is 0.657. The third-order valence-corrected chi connectivity index (χ3v) is 2.36. The molecule has 2 N–H and O–H groups in total. The van der Waals surface area contributed by atoms with Gasteiger partial charge in [0, 0.05) is 0 Å². The smallest absolute Gasteiger partial charge is 0.124 e. The number of nitrogens with two attached hydrogens (primary N) is 1. The average molecular weight is 217 g/mol. The zero-order valence-corrected chi connectivity index (χ0v) is 9.34. The molecule has 1 aromatic carbocycles. The molecule has 80 valence electrons. The molecule has 0 aliphatic rings. The van der Waals surface area contributed by atoms with E-state index in [0.717, 1.165) is 0 Å². The van der Waals surface area contributed by atoms with E-state index in [1.54, 1.807) is 19.1 Å².